The van der Waals surface area contributed by atoms with Gasteiger partial charge in [-0.1, -0.05) is 12.1 Å². The molecule has 8 heteroatoms. The number of nitrogens with zero attached hydrogens (tertiary/aromatic N) is 3. The Labute approximate surface area is 140 Å². The van der Waals surface area contributed by atoms with Gasteiger partial charge in [0.2, 0.25) is 10.0 Å². The van der Waals surface area contributed by atoms with Crippen LogP contribution in [0.25, 0.3) is 11.0 Å². The van der Waals surface area contributed by atoms with Crippen LogP contribution < -0.4 is 0 Å². The number of para-hydroxylation sites is 2. The molecule has 1 unspecified atom stereocenters. The quantitative estimate of drug-likeness (QED) is 0.762. The number of rotatable bonds is 3. The van der Waals surface area contributed by atoms with Gasteiger partial charge in [-0.3, -0.25) is 5.10 Å². The zero-order valence-corrected chi connectivity index (χ0v) is 14.4. The molecule has 1 aliphatic rings. The van der Waals surface area contributed by atoms with Crippen molar-refractivity contribution >= 4 is 21.1 Å². The molecule has 1 saturated heterocycles. The summed E-state index contributed by atoms with van der Waals surface area (Å²) in [4.78, 5) is 8.16. The van der Waals surface area contributed by atoms with Crippen LogP contribution in [0.2, 0.25) is 0 Å². The van der Waals surface area contributed by atoms with E-state index in [0.29, 0.717) is 23.8 Å². The second-order valence-electron chi connectivity index (χ2n) is 6.18. The van der Waals surface area contributed by atoms with Gasteiger partial charge < -0.3 is 4.98 Å². The summed E-state index contributed by atoms with van der Waals surface area (Å²) in [6.07, 6.45) is 1.58. The van der Waals surface area contributed by atoms with Crippen molar-refractivity contribution < 1.29 is 8.42 Å². The largest absolute Gasteiger partial charge is 0.341 e. The van der Waals surface area contributed by atoms with E-state index in [9.17, 15) is 8.42 Å². The molecule has 0 bridgehead atoms. The van der Waals surface area contributed by atoms with Gasteiger partial charge in [-0.15, -0.1) is 0 Å². The highest BCUT2D eigenvalue weighted by molar-refractivity contribution is 7.89. The highest BCUT2D eigenvalue weighted by Gasteiger charge is 2.39. The number of hydrogen-bond donors (Lipinski definition) is 2. The van der Waals surface area contributed by atoms with Gasteiger partial charge in [0.05, 0.1) is 28.5 Å². The molecule has 7 nitrogen and oxygen atoms in total. The van der Waals surface area contributed by atoms with Gasteiger partial charge in [0, 0.05) is 6.54 Å². The number of aromatic amines is 2. The summed E-state index contributed by atoms with van der Waals surface area (Å²) in [6, 6.07) is 7.47. The molecule has 0 amide bonds. The van der Waals surface area contributed by atoms with Crippen molar-refractivity contribution in [2.45, 2.75) is 37.6 Å². The van der Waals surface area contributed by atoms with Crippen LogP contribution in [0, 0.1) is 13.8 Å². The topological polar surface area (TPSA) is 94.7 Å². The zero-order chi connectivity index (χ0) is 16.9. The van der Waals surface area contributed by atoms with E-state index in [0.717, 1.165) is 23.9 Å². The van der Waals surface area contributed by atoms with E-state index in [1.54, 1.807) is 18.2 Å². The SMILES string of the molecule is Cc1n[nH]c(C)c1S(=O)(=O)N1CCCC1c1nc2ccccc2[nH]1. The van der Waals surface area contributed by atoms with Crippen molar-refractivity contribution in [3.8, 4) is 0 Å². The average Bonchev–Trinajstić information content (AvgIpc) is 3.24. The molecule has 3 aromatic rings. The van der Waals surface area contributed by atoms with E-state index in [1.165, 1.54) is 0 Å². The molecule has 4 rings (SSSR count). The third kappa shape index (κ3) is 2.25. The van der Waals surface area contributed by atoms with E-state index in [4.69, 9.17) is 0 Å². The first kappa shape index (κ1) is 15.3. The van der Waals surface area contributed by atoms with Crippen LogP contribution in [0.5, 0.6) is 0 Å². The normalized spacial score (nSPS) is 19.3. The number of benzene rings is 1. The van der Waals surface area contributed by atoms with Gasteiger partial charge in [0.15, 0.2) is 0 Å². The van der Waals surface area contributed by atoms with Gasteiger partial charge in [0.1, 0.15) is 10.7 Å². The van der Waals surface area contributed by atoms with Gasteiger partial charge in [-0.05, 0) is 38.8 Å². The predicted octanol–water partition coefficient (Wildman–Crippen LogP) is 2.43. The summed E-state index contributed by atoms with van der Waals surface area (Å²) in [5, 5.41) is 6.80. The van der Waals surface area contributed by atoms with E-state index in [1.807, 2.05) is 24.3 Å². The number of aryl methyl sites for hydroxylation is 2. The standard InChI is InChI=1S/C16H19N5O2S/c1-10-15(11(2)20-19-10)24(22,23)21-9-5-8-14(21)16-17-12-6-3-4-7-13(12)18-16/h3-4,6-7,14H,5,8-9H2,1-2H3,(H,17,18)(H,19,20). The molecule has 0 radical (unpaired) electrons. The first-order valence-corrected chi connectivity index (χ1v) is 9.40. The van der Waals surface area contributed by atoms with Crippen molar-refractivity contribution in [3.63, 3.8) is 0 Å². The number of nitrogens with one attached hydrogen (secondary N) is 2. The summed E-state index contributed by atoms with van der Waals surface area (Å²) in [5.74, 6) is 0.705. The number of aromatic nitrogens is 4. The van der Waals surface area contributed by atoms with E-state index >= 15 is 0 Å². The summed E-state index contributed by atoms with van der Waals surface area (Å²) in [7, 11) is -3.61. The first-order chi connectivity index (χ1) is 11.5. The number of hydrogen-bond acceptors (Lipinski definition) is 4. The number of fused-ring (bicyclic) bond motifs is 1. The van der Waals surface area contributed by atoms with Crippen LogP contribution in [0.15, 0.2) is 29.2 Å². The molecular formula is C16H19N5O2S. The average molecular weight is 345 g/mol. The fraction of sp³-hybridized carbons (Fsp3) is 0.375. The van der Waals surface area contributed by atoms with Gasteiger partial charge in [-0.2, -0.15) is 9.40 Å². The van der Waals surface area contributed by atoms with Crippen LogP contribution in [-0.2, 0) is 10.0 Å². The molecule has 0 aliphatic carbocycles. The molecule has 1 fully saturated rings. The van der Waals surface area contributed by atoms with Crippen molar-refractivity contribution in [3.05, 3.63) is 41.5 Å². The van der Waals surface area contributed by atoms with Crippen LogP contribution in [-0.4, -0.2) is 39.4 Å². The third-order valence-electron chi connectivity index (χ3n) is 4.55. The lowest BCUT2D eigenvalue weighted by molar-refractivity contribution is 0.385. The molecule has 2 aromatic heterocycles. The minimum atomic E-state index is -3.61. The minimum absolute atomic E-state index is 0.268. The third-order valence-corrected chi connectivity index (χ3v) is 6.73. The highest BCUT2D eigenvalue weighted by Crippen LogP contribution is 2.37. The lowest BCUT2D eigenvalue weighted by Gasteiger charge is -2.22. The van der Waals surface area contributed by atoms with Crippen LogP contribution in [0.4, 0.5) is 0 Å². The van der Waals surface area contributed by atoms with Crippen molar-refractivity contribution in [1.82, 2.24) is 24.5 Å². The van der Waals surface area contributed by atoms with Gasteiger partial charge in [0.25, 0.3) is 0 Å². The van der Waals surface area contributed by atoms with E-state index in [-0.39, 0.29) is 10.9 Å². The molecule has 3 heterocycles. The minimum Gasteiger partial charge on any atom is -0.341 e. The monoisotopic (exact) mass is 345 g/mol. The molecule has 24 heavy (non-hydrogen) atoms. The van der Waals surface area contributed by atoms with Gasteiger partial charge >= 0.3 is 0 Å². The molecule has 1 aromatic carbocycles. The number of sulfonamides is 1. The Morgan fingerprint density at radius 2 is 2.04 bits per heavy atom. The smallest absolute Gasteiger partial charge is 0.247 e. The second-order valence-corrected chi connectivity index (χ2v) is 8.00. The van der Waals surface area contributed by atoms with Crippen molar-refractivity contribution in [1.29, 1.82) is 0 Å². The maximum atomic E-state index is 13.2. The van der Waals surface area contributed by atoms with Crippen LogP contribution >= 0.6 is 0 Å². The Bertz CT molecular complexity index is 952. The van der Waals surface area contributed by atoms with Crippen molar-refractivity contribution in [2.75, 3.05) is 6.54 Å². The molecule has 0 saturated carbocycles. The Hall–Kier alpha value is -2.19. The fourth-order valence-corrected chi connectivity index (χ4v) is 5.47. The van der Waals surface area contributed by atoms with Crippen LogP contribution in [0.1, 0.15) is 36.1 Å². The fourth-order valence-electron chi connectivity index (χ4n) is 3.47. The maximum Gasteiger partial charge on any atom is 0.247 e. The van der Waals surface area contributed by atoms with E-state index < -0.39 is 10.0 Å². The molecule has 2 N–H and O–H groups in total. The van der Waals surface area contributed by atoms with E-state index in [2.05, 4.69) is 20.2 Å². The van der Waals surface area contributed by atoms with Gasteiger partial charge in [-0.25, -0.2) is 13.4 Å². The highest BCUT2D eigenvalue weighted by atomic mass is 32.2. The predicted molar refractivity (Wildman–Crippen MR) is 90.0 cm³/mol. The Morgan fingerprint density at radius 1 is 1.25 bits per heavy atom. The summed E-state index contributed by atoms with van der Waals surface area (Å²) < 4.78 is 27.9. The Balaban J connectivity index is 1.77. The van der Waals surface area contributed by atoms with Crippen molar-refractivity contribution in [2.24, 2.45) is 0 Å². The molecule has 126 valence electrons. The molecule has 1 atom stereocenters. The Kier molecular flexibility index (Phi) is 3.47. The summed E-state index contributed by atoms with van der Waals surface area (Å²) >= 11 is 0. The number of H-pyrrole nitrogens is 2. The maximum absolute atomic E-state index is 13.2. The molecule has 1 aliphatic heterocycles. The first-order valence-electron chi connectivity index (χ1n) is 7.96. The molecule has 0 spiro atoms. The summed E-state index contributed by atoms with van der Waals surface area (Å²) in [5.41, 5.74) is 2.85. The second kappa shape index (κ2) is 5.42. The van der Waals surface area contributed by atoms with Crippen LogP contribution in [0.3, 0.4) is 0 Å². The summed E-state index contributed by atoms with van der Waals surface area (Å²) in [6.45, 7) is 3.94. The lowest BCUT2D eigenvalue weighted by atomic mass is 10.2. The Morgan fingerprint density at radius 3 is 2.75 bits per heavy atom. The number of imidazole rings is 1. The zero-order valence-electron chi connectivity index (χ0n) is 13.6. The lowest BCUT2D eigenvalue weighted by Crippen LogP contribution is -2.31. The molecular weight excluding hydrogens is 326 g/mol.